The van der Waals surface area contributed by atoms with Crippen LogP contribution in [0, 0.1) is 11.6 Å². The number of halogens is 2. The smallest absolute Gasteiger partial charge is 0.220 e. The fourth-order valence-corrected chi connectivity index (χ4v) is 3.70. The van der Waals surface area contributed by atoms with E-state index >= 15 is 0 Å². The molecule has 0 spiro atoms. The third-order valence-corrected chi connectivity index (χ3v) is 5.16. The van der Waals surface area contributed by atoms with Gasteiger partial charge >= 0.3 is 0 Å². The van der Waals surface area contributed by atoms with E-state index in [1.54, 1.807) is 7.11 Å². The third-order valence-electron chi connectivity index (χ3n) is 5.16. The standard InChI is InChI=1S/C23H26F2N2O2/c1-3-15-6-4-7-18-20(14-27-23(15)18)19(13-22(28)26-10-5-11-29-2)17-9-8-16(24)12-21(17)25/h4,6-9,12,14,19,27H,3,5,10-11,13H2,1-2H3,(H,26,28). The summed E-state index contributed by atoms with van der Waals surface area (Å²) in [5.41, 5.74) is 3.27. The van der Waals surface area contributed by atoms with Crippen LogP contribution in [-0.2, 0) is 16.0 Å². The molecule has 0 fully saturated rings. The number of hydrogen-bond donors (Lipinski definition) is 2. The summed E-state index contributed by atoms with van der Waals surface area (Å²) in [7, 11) is 1.61. The van der Waals surface area contributed by atoms with E-state index in [0.29, 0.717) is 25.1 Å². The molecule has 3 aromatic rings. The fourth-order valence-electron chi connectivity index (χ4n) is 3.70. The zero-order valence-electron chi connectivity index (χ0n) is 16.7. The first-order chi connectivity index (χ1) is 14.0. The highest BCUT2D eigenvalue weighted by Gasteiger charge is 2.24. The molecule has 3 rings (SSSR count). The van der Waals surface area contributed by atoms with Crippen molar-refractivity contribution >= 4 is 16.8 Å². The molecule has 2 aromatic carbocycles. The lowest BCUT2D eigenvalue weighted by molar-refractivity contribution is -0.121. The number of aryl methyl sites for hydroxylation is 1. The highest BCUT2D eigenvalue weighted by molar-refractivity contribution is 5.88. The van der Waals surface area contributed by atoms with Gasteiger partial charge in [-0.25, -0.2) is 8.78 Å². The summed E-state index contributed by atoms with van der Waals surface area (Å²) in [4.78, 5) is 15.8. The van der Waals surface area contributed by atoms with E-state index in [9.17, 15) is 13.6 Å². The normalized spacial score (nSPS) is 12.3. The second-order valence-corrected chi connectivity index (χ2v) is 7.06. The number of H-pyrrole nitrogens is 1. The van der Waals surface area contributed by atoms with Gasteiger partial charge in [0.1, 0.15) is 11.6 Å². The minimum absolute atomic E-state index is 0.0683. The molecule has 0 saturated heterocycles. The van der Waals surface area contributed by atoms with Gasteiger partial charge in [0.05, 0.1) is 0 Å². The molecule has 1 atom stereocenters. The van der Waals surface area contributed by atoms with Crippen LogP contribution in [0.5, 0.6) is 0 Å². The first-order valence-electron chi connectivity index (χ1n) is 9.84. The highest BCUT2D eigenvalue weighted by Crippen LogP contribution is 2.35. The SMILES string of the molecule is CCc1cccc2c(C(CC(=O)NCCCOC)c3ccc(F)cc3F)c[nH]c12. The average Bonchev–Trinajstić information content (AvgIpc) is 3.14. The predicted molar refractivity (Wildman–Crippen MR) is 110 cm³/mol. The van der Waals surface area contributed by atoms with Gasteiger partial charge in [0.15, 0.2) is 0 Å². The zero-order valence-corrected chi connectivity index (χ0v) is 16.7. The molecule has 154 valence electrons. The lowest BCUT2D eigenvalue weighted by Crippen LogP contribution is -2.27. The molecule has 1 unspecified atom stereocenters. The molecule has 0 radical (unpaired) electrons. The fraction of sp³-hybridized carbons (Fsp3) is 0.348. The number of carbonyl (C=O) groups excluding carboxylic acids is 1. The van der Waals surface area contributed by atoms with Gasteiger partial charge in [0.25, 0.3) is 0 Å². The monoisotopic (exact) mass is 400 g/mol. The van der Waals surface area contributed by atoms with Crippen molar-refractivity contribution in [3.63, 3.8) is 0 Å². The maximum Gasteiger partial charge on any atom is 0.220 e. The summed E-state index contributed by atoms with van der Waals surface area (Å²) < 4.78 is 33.1. The summed E-state index contributed by atoms with van der Waals surface area (Å²) in [6, 6.07) is 9.49. The van der Waals surface area contributed by atoms with Crippen molar-refractivity contribution in [3.8, 4) is 0 Å². The van der Waals surface area contributed by atoms with Crippen molar-refractivity contribution in [2.24, 2.45) is 0 Å². The molecule has 0 saturated carbocycles. The van der Waals surface area contributed by atoms with Gasteiger partial charge in [-0.3, -0.25) is 4.79 Å². The maximum atomic E-state index is 14.6. The van der Waals surface area contributed by atoms with Crippen molar-refractivity contribution in [1.29, 1.82) is 0 Å². The van der Waals surface area contributed by atoms with Gasteiger partial charge in [-0.1, -0.05) is 31.2 Å². The Labute approximate surface area is 169 Å². The van der Waals surface area contributed by atoms with Crippen LogP contribution >= 0.6 is 0 Å². The topological polar surface area (TPSA) is 54.1 Å². The summed E-state index contributed by atoms with van der Waals surface area (Å²) in [6.45, 7) is 3.11. The number of nitrogens with one attached hydrogen (secondary N) is 2. The van der Waals surface area contributed by atoms with E-state index < -0.39 is 17.6 Å². The van der Waals surface area contributed by atoms with Gasteiger partial charge in [0.2, 0.25) is 5.91 Å². The third kappa shape index (κ3) is 4.82. The molecule has 1 amide bonds. The van der Waals surface area contributed by atoms with Crippen LogP contribution in [0.15, 0.2) is 42.6 Å². The van der Waals surface area contributed by atoms with E-state index in [1.165, 1.54) is 12.1 Å². The number of aromatic amines is 1. The summed E-state index contributed by atoms with van der Waals surface area (Å²) in [6.07, 6.45) is 3.45. The summed E-state index contributed by atoms with van der Waals surface area (Å²) in [5, 5.41) is 3.80. The largest absolute Gasteiger partial charge is 0.385 e. The Morgan fingerprint density at radius 1 is 1.21 bits per heavy atom. The number of amides is 1. The van der Waals surface area contributed by atoms with Crippen molar-refractivity contribution in [1.82, 2.24) is 10.3 Å². The van der Waals surface area contributed by atoms with Gasteiger partial charge in [0, 0.05) is 55.8 Å². The zero-order chi connectivity index (χ0) is 20.8. The Kier molecular flexibility index (Phi) is 6.99. The number of aromatic nitrogens is 1. The first-order valence-corrected chi connectivity index (χ1v) is 9.84. The predicted octanol–water partition coefficient (Wildman–Crippen LogP) is 4.68. The lowest BCUT2D eigenvalue weighted by atomic mass is 9.87. The molecule has 6 heteroatoms. The van der Waals surface area contributed by atoms with E-state index in [0.717, 1.165) is 34.5 Å². The van der Waals surface area contributed by atoms with Crippen LogP contribution in [0.3, 0.4) is 0 Å². The first kappa shape index (κ1) is 21.0. The van der Waals surface area contributed by atoms with Crippen LogP contribution < -0.4 is 5.32 Å². The molecular weight excluding hydrogens is 374 g/mol. The molecule has 1 aromatic heterocycles. The van der Waals surface area contributed by atoms with Crippen molar-refractivity contribution in [2.45, 2.75) is 32.1 Å². The number of benzene rings is 2. The minimum atomic E-state index is -0.650. The molecule has 0 aliphatic heterocycles. The number of fused-ring (bicyclic) bond motifs is 1. The number of methoxy groups -OCH3 is 1. The van der Waals surface area contributed by atoms with Crippen LogP contribution in [0.25, 0.3) is 10.9 Å². The van der Waals surface area contributed by atoms with Crippen LogP contribution in [-0.4, -0.2) is 31.2 Å². The number of rotatable bonds is 9. The van der Waals surface area contributed by atoms with Crippen molar-refractivity contribution < 1.29 is 18.3 Å². The van der Waals surface area contributed by atoms with Crippen LogP contribution in [0.1, 0.15) is 42.4 Å². The van der Waals surface area contributed by atoms with Gasteiger partial charge < -0.3 is 15.0 Å². The molecule has 0 aliphatic rings. The Hall–Kier alpha value is -2.73. The van der Waals surface area contributed by atoms with E-state index in [4.69, 9.17) is 4.74 Å². The van der Waals surface area contributed by atoms with Gasteiger partial charge in [-0.15, -0.1) is 0 Å². The maximum absolute atomic E-state index is 14.6. The summed E-state index contributed by atoms with van der Waals surface area (Å²) >= 11 is 0. The van der Waals surface area contributed by atoms with Crippen molar-refractivity contribution in [3.05, 3.63) is 70.9 Å². The van der Waals surface area contributed by atoms with E-state index in [-0.39, 0.29) is 12.3 Å². The van der Waals surface area contributed by atoms with E-state index in [1.807, 2.05) is 24.4 Å². The average molecular weight is 400 g/mol. The van der Waals surface area contributed by atoms with Crippen LogP contribution in [0.4, 0.5) is 8.78 Å². The van der Waals surface area contributed by atoms with Crippen LogP contribution in [0.2, 0.25) is 0 Å². The molecule has 4 nitrogen and oxygen atoms in total. The second-order valence-electron chi connectivity index (χ2n) is 7.06. The highest BCUT2D eigenvalue weighted by atomic mass is 19.1. The molecular formula is C23H26F2N2O2. The number of para-hydroxylation sites is 1. The lowest BCUT2D eigenvalue weighted by Gasteiger charge is -2.18. The number of hydrogen-bond acceptors (Lipinski definition) is 2. The van der Waals surface area contributed by atoms with Gasteiger partial charge in [-0.2, -0.15) is 0 Å². The molecule has 1 heterocycles. The molecule has 29 heavy (non-hydrogen) atoms. The molecule has 0 aliphatic carbocycles. The van der Waals surface area contributed by atoms with E-state index in [2.05, 4.69) is 17.2 Å². The molecule has 0 bridgehead atoms. The Morgan fingerprint density at radius 2 is 2.03 bits per heavy atom. The van der Waals surface area contributed by atoms with Crippen molar-refractivity contribution in [2.75, 3.05) is 20.3 Å². The Morgan fingerprint density at radius 3 is 2.76 bits per heavy atom. The quantitative estimate of drug-likeness (QED) is 0.512. The minimum Gasteiger partial charge on any atom is -0.385 e. The molecule has 2 N–H and O–H groups in total. The summed E-state index contributed by atoms with van der Waals surface area (Å²) in [5.74, 6) is -2.00. The number of ether oxygens (including phenoxy) is 1. The Balaban J connectivity index is 1.96. The Bertz CT molecular complexity index is 984. The second kappa shape index (κ2) is 9.65. The van der Waals surface area contributed by atoms with Gasteiger partial charge in [-0.05, 0) is 35.6 Å². The number of carbonyl (C=O) groups is 1.